The Balaban J connectivity index is 1.81. The van der Waals surface area contributed by atoms with E-state index < -0.39 is 0 Å². The van der Waals surface area contributed by atoms with Crippen LogP contribution in [0.3, 0.4) is 0 Å². The molecule has 3 rings (SSSR count). The van der Waals surface area contributed by atoms with E-state index in [0.717, 1.165) is 0 Å². The first kappa shape index (κ1) is 14.3. The van der Waals surface area contributed by atoms with Gasteiger partial charge < -0.3 is 10.1 Å². The van der Waals surface area contributed by atoms with Crippen LogP contribution in [0.1, 0.15) is 41.6 Å². The summed E-state index contributed by atoms with van der Waals surface area (Å²) in [7, 11) is 1.77. The molecule has 0 fully saturated rings. The highest BCUT2D eigenvalue weighted by Crippen LogP contribution is 2.31. The average molecular weight is 281 g/mol. The van der Waals surface area contributed by atoms with Gasteiger partial charge in [-0.15, -0.1) is 0 Å². The fraction of sp³-hybridized carbons (Fsp3) is 0.368. The Bertz CT molecular complexity index is 567. The number of methoxy groups -OCH3 is 1. The number of hydrogen-bond donors (Lipinski definition) is 1. The zero-order chi connectivity index (χ0) is 14.5. The molecular weight excluding hydrogens is 258 g/mol. The van der Waals surface area contributed by atoms with Crippen molar-refractivity contribution in [1.82, 2.24) is 5.32 Å². The van der Waals surface area contributed by atoms with E-state index in [0.29, 0.717) is 12.6 Å². The molecule has 0 radical (unpaired) electrons. The molecule has 0 amide bonds. The summed E-state index contributed by atoms with van der Waals surface area (Å²) < 4.78 is 5.43. The van der Waals surface area contributed by atoms with Crippen molar-refractivity contribution in [2.75, 3.05) is 13.7 Å². The summed E-state index contributed by atoms with van der Waals surface area (Å²) in [6.45, 7) is 0.697. The second-order valence-corrected chi connectivity index (χ2v) is 5.73. The Kier molecular flexibility index (Phi) is 4.69. The predicted octanol–water partition coefficient (Wildman–Crippen LogP) is 4.04. The van der Waals surface area contributed by atoms with Gasteiger partial charge in [0.15, 0.2) is 0 Å². The lowest BCUT2D eigenvalue weighted by Gasteiger charge is -2.30. The molecule has 0 aromatic heterocycles. The lowest BCUT2D eigenvalue weighted by molar-refractivity contribution is 0.159. The van der Waals surface area contributed by atoms with Crippen LogP contribution < -0.4 is 5.32 Å². The van der Waals surface area contributed by atoms with Crippen molar-refractivity contribution in [2.45, 2.75) is 31.3 Å². The molecule has 2 heteroatoms. The summed E-state index contributed by atoms with van der Waals surface area (Å²) in [4.78, 5) is 0. The van der Waals surface area contributed by atoms with Crippen molar-refractivity contribution in [3.8, 4) is 0 Å². The van der Waals surface area contributed by atoms with E-state index in [-0.39, 0.29) is 6.04 Å². The van der Waals surface area contributed by atoms with Crippen molar-refractivity contribution < 1.29 is 4.74 Å². The molecule has 0 bridgehead atoms. The Labute approximate surface area is 127 Å². The Morgan fingerprint density at radius 3 is 2.67 bits per heavy atom. The van der Waals surface area contributed by atoms with Crippen molar-refractivity contribution >= 4 is 0 Å². The number of ether oxygens (including phenoxy) is 1. The van der Waals surface area contributed by atoms with Crippen molar-refractivity contribution in [3.05, 3.63) is 71.3 Å². The smallest absolute Gasteiger partial charge is 0.0657 e. The van der Waals surface area contributed by atoms with Gasteiger partial charge in [0.1, 0.15) is 0 Å². The minimum atomic E-state index is 0.243. The largest absolute Gasteiger partial charge is 0.383 e. The van der Waals surface area contributed by atoms with Gasteiger partial charge in [0.25, 0.3) is 0 Å². The molecule has 0 aliphatic heterocycles. The van der Waals surface area contributed by atoms with Gasteiger partial charge in [0, 0.05) is 13.2 Å². The molecule has 1 aliphatic rings. The van der Waals surface area contributed by atoms with Gasteiger partial charge >= 0.3 is 0 Å². The fourth-order valence-corrected chi connectivity index (χ4v) is 3.26. The van der Waals surface area contributed by atoms with Crippen LogP contribution in [0.25, 0.3) is 0 Å². The van der Waals surface area contributed by atoms with Crippen LogP contribution >= 0.6 is 0 Å². The second kappa shape index (κ2) is 6.88. The standard InChI is InChI=1S/C19H23NO/c1-21-14-19(16-9-3-2-4-10-16)20-18-13-7-11-15-8-5-6-12-17(15)18/h2-6,8-10,12,18-20H,7,11,13-14H2,1H3. The van der Waals surface area contributed by atoms with E-state index in [2.05, 4.69) is 59.9 Å². The Hall–Kier alpha value is -1.64. The van der Waals surface area contributed by atoms with Crippen molar-refractivity contribution in [3.63, 3.8) is 0 Å². The third-order valence-electron chi connectivity index (χ3n) is 4.31. The highest BCUT2D eigenvalue weighted by atomic mass is 16.5. The van der Waals surface area contributed by atoms with Crippen molar-refractivity contribution in [1.29, 1.82) is 0 Å². The monoisotopic (exact) mass is 281 g/mol. The number of fused-ring (bicyclic) bond motifs is 1. The molecule has 0 saturated carbocycles. The van der Waals surface area contributed by atoms with Gasteiger partial charge in [-0.1, -0.05) is 54.6 Å². The second-order valence-electron chi connectivity index (χ2n) is 5.73. The quantitative estimate of drug-likeness (QED) is 0.893. The fourth-order valence-electron chi connectivity index (χ4n) is 3.26. The first-order chi connectivity index (χ1) is 10.4. The molecule has 2 unspecified atom stereocenters. The molecule has 2 aromatic rings. The summed E-state index contributed by atoms with van der Waals surface area (Å²) in [5.41, 5.74) is 4.24. The van der Waals surface area contributed by atoms with Gasteiger partial charge in [0.05, 0.1) is 12.6 Å². The van der Waals surface area contributed by atoms with Crippen LogP contribution in [0.15, 0.2) is 54.6 Å². The maximum atomic E-state index is 5.43. The molecule has 2 nitrogen and oxygen atoms in total. The normalized spacial score (nSPS) is 19.0. The summed E-state index contributed by atoms with van der Waals surface area (Å²) in [5, 5.41) is 3.80. The minimum absolute atomic E-state index is 0.243. The first-order valence-electron chi connectivity index (χ1n) is 7.76. The highest BCUT2D eigenvalue weighted by Gasteiger charge is 2.23. The topological polar surface area (TPSA) is 21.3 Å². The zero-order valence-corrected chi connectivity index (χ0v) is 12.6. The maximum Gasteiger partial charge on any atom is 0.0657 e. The average Bonchev–Trinajstić information content (AvgIpc) is 2.55. The molecule has 21 heavy (non-hydrogen) atoms. The summed E-state index contributed by atoms with van der Waals surface area (Å²) in [5.74, 6) is 0. The first-order valence-corrected chi connectivity index (χ1v) is 7.76. The lowest BCUT2D eigenvalue weighted by Crippen LogP contribution is -2.31. The van der Waals surface area contributed by atoms with Crippen LogP contribution in [0, 0.1) is 0 Å². The summed E-state index contributed by atoms with van der Waals surface area (Å²) in [6, 6.07) is 20.1. The SMILES string of the molecule is COCC(NC1CCCc2ccccc21)c1ccccc1. The van der Waals surface area contributed by atoms with Gasteiger partial charge in [-0.3, -0.25) is 0 Å². The van der Waals surface area contributed by atoms with Crippen LogP contribution in [-0.4, -0.2) is 13.7 Å². The van der Waals surface area contributed by atoms with Gasteiger partial charge in [-0.2, -0.15) is 0 Å². The zero-order valence-electron chi connectivity index (χ0n) is 12.6. The van der Waals surface area contributed by atoms with E-state index >= 15 is 0 Å². The van der Waals surface area contributed by atoms with Crippen molar-refractivity contribution in [2.24, 2.45) is 0 Å². The van der Waals surface area contributed by atoms with E-state index in [9.17, 15) is 0 Å². The lowest BCUT2D eigenvalue weighted by atomic mass is 9.87. The molecule has 1 aliphatic carbocycles. The third kappa shape index (κ3) is 3.34. The van der Waals surface area contributed by atoms with Gasteiger partial charge in [-0.05, 0) is 36.0 Å². The molecule has 0 heterocycles. The Morgan fingerprint density at radius 2 is 1.86 bits per heavy atom. The molecule has 110 valence electrons. The molecule has 0 saturated heterocycles. The van der Waals surface area contributed by atoms with E-state index in [4.69, 9.17) is 4.74 Å². The summed E-state index contributed by atoms with van der Waals surface area (Å²) in [6.07, 6.45) is 3.65. The predicted molar refractivity (Wildman–Crippen MR) is 86.3 cm³/mol. The maximum absolute atomic E-state index is 5.43. The molecule has 0 spiro atoms. The number of benzene rings is 2. The summed E-state index contributed by atoms with van der Waals surface area (Å²) >= 11 is 0. The third-order valence-corrected chi connectivity index (χ3v) is 4.31. The van der Waals surface area contributed by atoms with Crippen LogP contribution in [-0.2, 0) is 11.2 Å². The highest BCUT2D eigenvalue weighted by molar-refractivity contribution is 5.32. The van der Waals surface area contributed by atoms with Gasteiger partial charge in [-0.25, -0.2) is 0 Å². The van der Waals surface area contributed by atoms with Gasteiger partial charge in [0.2, 0.25) is 0 Å². The number of aryl methyl sites for hydroxylation is 1. The molecule has 1 N–H and O–H groups in total. The molecular formula is C19H23NO. The number of hydrogen-bond acceptors (Lipinski definition) is 2. The molecule has 2 aromatic carbocycles. The van der Waals surface area contributed by atoms with E-state index in [1.807, 2.05) is 0 Å². The number of rotatable bonds is 5. The van der Waals surface area contributed by atoms with Crippen LogP contribution in [0.5, 0.6) is 0 Å². The van der Waals surface area contributed by atoms with E-state index in [1.165, 1.54) is 36.0 Å². The Morgan fingerprint density at radius 1 is 1.10 bits per heavy atom. The number of nitrogens with one attached hydrogen (secondary N) is 1. The molecule has 2 atom stereocenters. The van der Waals surface area contributed by atoms with Crippen LogP contribution in [0.2, 0.25) is 0 Å². The van der Waals surface area contributed by atoms with E-state index in [1.54, 1.807) is 7.11 Å². The van der Waals surface area contributed by atoms with Crippen LogP contribution in [0.4, 0.5) is 0 Å². The minimum Gasteiger partial charge on any atom is -0.383 e.